The molecule has 2 amide bonds. The normalized spacial score (nSPS) is 11.6. The summed E-state index contributed by atoms with van der Waals surface area (Å²) in [6.07, 6.45) is -1.06. The summed E-state index contributed by atoms with van der Waals surface area (Å²) in [6, 6.07) is 10.3. The Morgan fingerprint density at radius 1 is 0.643 bits per heavy atom. The van der Waals surface area contributed by atoms with Crippen molar-refractivity contribution in [2.24, 2.45) is 0 Å². The summed E-state index contributed by atoms with van der Waals surface area (Å²) in [5.41, 5.74) is 11.6. The van der Waals surface area contributed by atoms with Crippen LogP contribution in [0.4, 0.5) is 11.4 Å². The molecule has 0 fully saturated rings. The number of nitrogens with one attached hydrogen (secondary N) is 2. The Morgan fingerprint density at radius 3 is 1.21 bits per heavy atom. The number of hydrogen-bond acceptors (Lipinski definition) is 8. The number of carbonyl (C=O) groups is 2. The fourth-order valence-corrected chi connectivity index (χ4v) is 4.07. The van der Waals surface area contributed by atoms with Gasteiger partial charge in [-0.05, 0) is 48.5 Å². The maximum atomic E-state index is 12.1. The average molecular weight is 426 g/mol. The van der Waals surface area contributed by atoms with Gasteiger partial charge >= 0.3 is 0 Å². The van der Waals surface area contributed by atoms with Gasteiger partial charge in [0.05, 0.1) is 9.79 Å². The van der Waals surface area contributed by atoms with Gasteiger partial charge in [-0.3, -0.25) is 9.59 Å². The van der Waals surface area contributed by atoms with E-state index in [1.165, 1.54) is 48.5 Å². The third-order valence-corrected chi connectivity index (χ3v) is 6.23. The van der Waals surface area contributed by atoms with E-state index in [0.29, 0.717) is 11.4 Å². The number of amides is 2. The Hall–Kier alpha value is -3.12. The molecule has 0 saturated carbocycles. The van der Waals surface area contributed by atoms with Gasteiger partial charge in [0.15, 0.2) is 0 Å². The van der Waals surface area contributed by atoms with Crippen molar-refractivity contribution in [2.75, 3.05) is 11.5 Å². The van der Waals surface area contributed by atoms with Crippen molar-refractivity contribution in [3.8, 4) is 0 Å². The molecule has 12 heteroatoms. The van der Waals surface area contributed by atoms with Crippen LogP contribution in [0.1, 0.15) is 12.8 Å². The van der Waals surface area contributed by atoms with Crippen LogP contribution in [0.3, 0.4) is 0 Å². The lowest BCUT2D eigenvalue weighted by Crippen LogP contribution is -2.34. The second kappa shape index (κ2) is 8.27. The average Bonchev–Trinajstić information content (AvgIpc) is 2.60. The third-order valence-electron chi connectivity index (χ3n) is 3.46. The predicted octanol–water partition coefficient (Wildman–Crippen LogP) is -0.0588. The summed E-state index contributed by atoms with van der Waals surface area (Å²) in [7, 11) is -8.25. The third kappa shape index (κ3) is 5.69. The van der Waals surface area contributed by atoms with E-state index in [2.05, 4.69) is 0 Å². The number of sulfonamides is 2. The molecule has 28 heavy (non-hydrogen) atoms. The minimum Gasteiger partial charge on any atom is -0.399 e. The van der Waals surface area contributed by atoms with Crippen LogP contribution in [-0.4, -0.2) is 28.6 Å². The molecular formula is C16H18N4O6S2. The highest BCUT2D eigenvalue weighted by molar-refractivity contribution is 7.90. The first-order valence-corrected chi connectivity index (χ1v) is 10.8. The predicted molar refractivity (Wildman–Crippen MR) is 102 cm³/mol. The van der Waals surface area contributed by atoms with E-state index in [0.717, 1.165) is 0 Å². The quantitative estimate of drug-likeness (QED) is 0.445. The monoisotopic (exact) mass is 426 g/mol. The SMILES string of the molecule is Nc1ccc(S(=O)(=O)NC(=O)CCC(=O)NS(=O)(=O)c2ccc(N)cc2)cc1. The van der Waals surface area contributed by atoms with Crippen LogP contribution in [0.15, 0.2) is 58.3 Å². The van der Waals surface area contributed by atoms with Gasteiger partial charge in [0.2, 0.25) is 11.8 Å². The van der Waals surface area contributed by atoms with E-state index in [1.807, 2.05) is 0 Å². The van der Waals surface area contributed by atoms with Gasteiger partial charge in [0, 0.05) is 24.2 Å². The number of nitrogens with two attached hydrogens (primary N) is 2. The van der Waals surface area contributed by atoms with Crippen molar-refractivity contribution < 1.29 is 26.4 Å². The fraction of sp³-hybridized carbons (Fsp3) is 0.125. The Morgan fingerprint density at radius 2 is 0.929 bits per heavy atom. The van der Waals surface area contributed by atoms with Gasteiger partial charge in [-0.2, -0.15) is 0 Å². The first-order valence-electron chi connectivity index (χ1n) is 7.82. The van der Waals surface area contributed by atoms with E-state index in [-0.39, 0.29) is 9.79 Å². The summed E-state index contributed by atoms with van der Waals surface area (Å²) in [4.78, 5) is 23.3. The molecule has 0 aromatic heterocycles. The van der Waals surface area contributed by atoms with Crippen molar-refractivity contribution in [1.29, 1.82) is 0 Å². The highest BCUT2D eigenvalue weighted by atomic mass is 32.2. The zero-order valence-electron chi connectivity index (χ0n) is 14.5. The molecular weight excluding hydrogens is 408 g/mol. The Labute approximate surface area is 162 Å². The van der Waals surface area contributed by atoms with Gasteiger partial charge in [0.1, 0.15) is 0 Å². The summed E-state index contributed by atoms with van der Waals surface area (Å²) < 4.78 is 51.8. The van der Waals surface area contributed by atoms with E-state index >= 15 is 0 Å². The van der Waals surface area contributed by atoms with Crippen molar-refractivity contribution in [1.82, 2.24) is 9.44 Å². The maximum Gasteiger partial charge on any atom is 0.264 e. The first kappa shape index (κ1) is 21.2. The lowest BCUT2D eigenvalue weighted by molar-refractivity contribution is -0.124. The number of rotatable bonds is 7. The number of hydrogen-bond donors (Lipinski definition) is 4. The minimum absolute atomic E-state index is 0.176. The van der Waals surface area contributed by atoms with E-state index in [1.54, 1.807) is 9.44 Å². The molecule has 0 saturated heterocycles. The molecule has 0 aliphatic rings. The largest absolute Gasteiger partial charge is 0.399 e. The molecule has 0 unspecified atom stereocenters. The van der Waals surface area contributed by atoms with Crippen LogP contribution >= 0.6 is 0 Å². The molecule has 2 aromatic rings. The van der Waals surface area contributed by atoms with Gasteiger partial charge in [-0.15, -0.1) is 0 Å². The number of carbonyl (C=O) groups excluding carboxylic acids is 2. The first-order chi connectivity index (χ1) is 13.0. The summed E-state index contributed by atoms with van der Waals surface area (Å²) in [6.45, 7) is 0. The Kier molecular flexibility index (Phi) is 6.26. The fourth-order valence-electron chi connectivity index (χ4n) is 2.04. The van der Waals surface area contributed by atoms with E-state index in [4.69, 9.17) is 11.5 Å². The number of benzene rings is 2. The van der Waals surface area contributed by atoms with Crippen LogP contribution < -0.4 is 20.9 Å². The zero-order chi connectivity index (χ0) is 20.9. The van der Waals surface area contributed by atoms with E-state index in [9.17, 15) is 26.4 Å². The second-order valence-electron chi connectivity index (χ2n) is 5.70. The van der Waals surface area contributed by atoms with Crippen LogP contribution in [0.2, 0.25) is 0 Å². The smallest absolute Gasteiger partial charge is 0.264 e. The van der Waals surface area contributed by atoms with Gasteiger partial charge in [0.25, 0.3) is 20.0 Å². The number of anilines is 2. The van der Waals surface area contributed by atoms with Crippen LogP contribution in [0, 0.1) is 0 Å². The molecule has 2 aromatic carbocycles. The number of nitrogen functional groups attached to an aromatic ring is 2. The molecule has 6 N–H and O–H groups in total. The minimum atomic E-state index is -4.12. The highest BCUT2D eigenvalue weighted by Crippen LogP contribution is 2.13. The second-order valence-corrected chi connectivity index (χ2v) is 9.06. The Balaban J connectivity index is 1.92. The van der Waals surface area contributed by atoms with Crippen LogP contribution in [0.5, 0.6) is 0 Å². The zero-order valence-corrected chi connectivity index (χ0v) is 16.1. The van der Waals surface area contributed by atoms with Crippen molar-refractivity contribution >= 4 is 43.2 Å². The molecule has 0 spiro atoms. The molecule has 0 aliphatic carbocycles. The molecule has 0 atom stereocenters. The van der Waals surface area contributed by atoms with Gasteiger partial charge < -0.3 is 11.5 Å². The maximum absolute atomic E-state index is 12.1. The van der Waals surface area contributed by atoms with Crippen molar-refractivity contribution in [3.63, 3.8) is 0 Å². The summed E-state index contributed by atoms with van der Waals surface area (Å²) >= 11 is 0. The standard InChI is InChI=1S/C16H18N4O6S2/c17-11-1-5-13(6-2-11)27(23,24)19-15(21)9-10-16(22)20-28(25,26)14-7-3-12(18)4-8-14/h1-8H,9-10,17-18H2,(H,19,21)(H,20,22). The van der Waals surface area contributed by atoms with Gasteiger partial charge in [-0.1, -0.05) is 0 Å². The molecule has 0 radical (unpaired) electrons. The van der Waals surface area contributed by atoms with Crippen molar-refractivity contribution in [3.05, 3.63) is 48.5 Å². The molecule has 150 valence electrons. The van der Waals surface area contributed by atoms with Crippen LogP contribution in [0.25, 0.3) is 0 Å². The van der Waals surface area contributed by atoms with Crippen LogP contribution in [-0.2, 0) is 29.6 Å². The highest BCUT2D eigenvalue weighted by Gasteiger charge is 2.20. The summed E-state index contributed by atoms with van der Waals surface area (Å²) in [5, 5.41) is 0. The summed E-state index contributed by atoms with van der Waals surface area (Å²) in [5.74, 6) is -1.92. The topological polar surface area (TPSA) is 179 Å². The molecule has 2 rings (SSSR count). The molecule has 10 nitrogen and oxygen atoms in total. The Bertz CT molecular complexity index is 989. The molecule has 0 bridgehead atoms. The molecule has 0 heterocycles. The lowest BCUT2D eigenvalue weighted by atomic mass is 10.3. The van der Waals surface area contributed by atoms with Crippen molar-refractivity contribution in [2.45, 2.75) is 22.6 Å². The van der Waals surface area contributed by atoms with E-state index < -0.39 is 44.7 Å². The molecule has 0 aliphatic heterocycles. The lowest BCUT2D eigenvalue weighted by Gasteiger charge is -2.08. The van der Waals surface area contributed by atoms with Gasteiger partial charge in [-0.25, -0.2) is 26.3 Å².